The lowest BCUT2D eigenvalue weighted by Crippen LogP contribution is -2.25. The van der Waals surface area contributed by atoms with Crippen molar-refractivity contribution in [1.29, 1.82) is 0 Å². The molecule has 1 fully saturated rings. The minimum absolute atomic E-state index is 0.0867. The lowest BCUT2D eigenvalue weighted by atomic mass is 10.1. The third kappa shape index (κ3) is 2.45. The predicted molar refractivity (Wildman–Crippen MR) is 81.9 cm³/mol. The number of carbonyl (C=O) groups excluding carboxylic acids is 1. The number of likely N-dealkylation sites (tertiary alicyclic amines) is 1. The van der Waals surface area contributed by atoms with Gasteiger partial charge in [-0.15, -0.1) is 0 Å². The minimum atomic E-state index is 0.0867. The smallest absolute Gasteiger partial charge is 0.228 e. The maximum absolute atomic E-state index is 12.2. The van der Waals surface area contributed by atoms with Crippen LogP contribution in [-0.4, -0.2) is 40.3 Å². The van der Waals surface area contributed by atoms with Gasteiger partial charge in [0.2, 0.25) is 5.91 Å². The van der Waals surface area contributed by atoms with Gasteiger partial charge in [0.05, 0.1) is 17.3 Å². The minimum Gasteiger partial charge on any atom is -0.324 e. The summed E-state index contributed by atoms with van der Waals surface area (Å²) >= 11 is 3.51. The van der Waals surface area contributed by atoms with Crippen LogP contribution in [0.5, 0.6) is 0 Å². The van der Waals surface area contributed by atoms with Crippen LogP contribution in [0.3, 0.4) is 0 Å². The second kappa shape index (κ2) is 5.18. The van der Waals surface area contributed by atoms with Crippen LogP contribution < -0.4 is 5.32 Å². The molecule has 0 aliphatic carbocycles. The largest absolute Gasteiger partial charge is 0.324 e. The van der Waals surface area contributed by atoms with Crippen LogP contribution in [0.15, 0.2) is 22.9 Å². The summed E-state index contributed by atoms with van der Waals surface area (Å²) in [5.74, 6) is 0.185. The Balaban J connectivity index is 1.80. The van der Waals surface area contributed by atoms with E-state index in [4.69, 9.17) is 0 Å². The van der Waals surface area contributed by atoms with Crippen molar-refractivity contribution in [2.75, 3.05) is 25.5 Å². The first-order chi connectivity index (χ1) is 9.54. The molecule has 1 unspecified atom stereocenters. The van der Waals surface area contributed by atoms with E-state index in [-0.39, 0.29) is 11.8 Å². The summed E-state index contributed by atoms with van der Waals surface area (Å²) in [7, 11) is 2.05. The molecule has 0 radical (unpaired) electrons. The molecule has 1 saturated heterocycles. The van der Waals surface area contributed by atoms with E-state index in [1.165, 1.54) is 0 Å². The van der Waals surface area contributed by atoms with Gasteiger partial charge in [0.25, 0.3) is 0 Å². The molecular formula is C14H17BrN4O. The highest BCUT2D eigenvalue weighted by atomic mass is 79.9. The Morgan fingerprint density at radius 3 is 3.00 bits per heavy atom. The molecule has 3 heterocycles. The van der Waals surface area contributed by atoms with Gasteiger partial charge >= 0.3 is 0 Å². The normalized spacial score (nSPS) is 19.6. The summed E-state index contributed by atoms with van der Waals surface area (Å²) in [5.41, 5.74) is 2.61. The number of pyridine rings is 1. The monoisotopic (exact) mass is 336 g/mol. The maximum atomic E-state index is 12.2. The average Bonchev–Trinajstić information content (AvgIpc) is 2.96. The fraction of sp³-hybridized carbons (Fsp3) is 0.429. The number of imidazole rings is 1. The molecule has 6 heteroatoms. The molecule has 0 spiro atoms. The van der Waals surface area contributed by atoms with Gasteiger partial charge < -0.3 is 10.2 Å². The molecule has 0 bridgehead atoms. The lowest BCUT2D eigenvalue weighted by molar-refractivity contribution is -0.119. The van der Waals surface area contributed by atoms with Crippen molar-refractivity contribution < 1.29 is 4.79 Å². The van der Waals surface area contributed by atoms with Crippen molar-refractivity contribution in [3.63, 3.8) is 0 Å². The highest BCUT2D eigenvalue weighted by Crippen LogP contribution is 2.22. The third-order valence-corrected chi connectivity index (χ3v) is 4.70. The van der Waals surface area contributed by atoms with E-state index < -0.39 is 0 Å². The molecule has 1 amide bonds. The number of halogens is 1. The van der Waals surface area contributed by atoms with Gasteiger partial charge in [-0.2, -0.15) is 0 Å². The summed E-state index contributed by atoms with van der Waals surface area (Å²) in [6, 6.07) is 3.80. The number of fused-ring (bicyclic) bond motifs is 1. The standard InChI is InChI=1S/C14H17BrN4O/c1-9-13(15)19-8-11(3-4-12(19)16-9)17-14(20)10-5-6-18(2)7-10/h3-4,8,10H,5-7H2,1-2H3,(H,17,20). The maximum Gasteiger partial charge on any atom is 0.228 e. The average molecular weight is 337 g/mol. The Labute approximate surface area is 126 Å². The van der Waals surface area contributed by atoms with Crippen LogP contribution in [0.2, 0.25) is 0 Å². The predicted octanol–water partition coefficient (Wildman–Crippen LogP) is 2.30. The summed E-state index contributed by atoms with van der Waals surface area (Å²) in [6.45, 7) is 3.77. The van der Waals surface area contributed by atoms with Gasteiger partial charge in [0, 0.05) is 12.7 Å². The van der Waals surface area contributed by atoms with Crippen molar-refractivity contribution in [1.82, 2.24) is 14.3 Å². The number of rotatable bonds is 2. The number of hydrogen-bond acceptors (Lipinski definition) is 3. The molecule has 20 heavy (non-hydrogen) atoms. The van der Waals surface area contributed by atoms with E-state index in [1.807, 2.05) is 36.7 Å². The van der Waals surface area contributed by atoms with Crippen LogP contribution >= 0.6 is 15.9 Å². The van der Waals surface area contributed by atoms with Gasteiger partial charge in [-0.1, -0.05) is 0 Å². The van der Waals surface area contributed by atoms with Crippen LogP contribution in [0.1, 0.15) is 12.1 Å². The molecule has 2 aromatic rings. The molecule has 1 aliphatic rings. The van der Waals surface area contributed by atoms with Crippen LogP contribution in [0, 0.1) is 12.8 Å². The fourth-order valence-corrected chi connectivity index (χ4v) is 2.97. The Kier molecular flexibility index (Phi) is 3.52. The van der Waals surface area contributed by atoms with Crippen LogP contribution in [0.4, 0.5) is 5.69 Å². The number of hydrogen-bond donors (Lipinski definition) is 1. The molecule has 0 saturated carbocycles. The second-order valence-electron chi connectivity index (χ2n) is 5.37. The first-order valence-corrected chi connectivity index (χ1v) is 7.47. The van der Waals surface area contributed by atoms with Crippen molar-refractivity contribution in [3.05, 3.63) is 28.6 Å². The zero-order valence-electron chi connectivity index (χ0n) is 11.6. The van der Waals surface area contributed by atoms with E-state index >= 15 is 0 Å². The van der Waals surface area contributed by atoms with Crippen molar-refractivity contribution in [2.24, 2.45) is 5.92 Å². The Morgan fingerprint density at radius 1 is 1.50 bits per heavy atom. The number of anilines is 1. The quantitative estimate of drug-likeness (QED) is 0.915. The highest BCUT2D eigenvalue weighted by Gasteiger charge is 2.26. The van der Waals surface area contributed by atoms with Gasteiger partial charge in [0.1, 0.15) is 10.3 Å². The lowest BCUT2D eigenvalue weighted by Gasteiger charge is -2.11. The molecule has 106 valence electrons. The van der Waals surface area contributed by atoms with Crippen molar-refractivity contribution in [3.8, 4) is 0 Å². The molecule has 5 nitrogen and oxygen atoms in total. The van der Waals surface area contributed by atoms with E-state index in [2.05, 4.69) is 31.1 Å². The van der Waals surface area contributed by atoms with E-state index in [0.717, 1.165) is 41.1 Å². The Morgan fingerprint density at radius 2 is 2.30 bits per heavy atom. The van der Waals surface area contributed by atoms with Crippen LogP contribution in [0.25, 0.3) is 5.65 Å². The van der Waals surface area contributed by atoms with Crippen LogP contribution in [-0.2, 0) is 4.79 Å². The van der Waals surface area contributed by atoms with Gasteiger partial charge in [0.15, 0.2) is 0 Å². The van der Waals surface area contributed by atoms with E-state index in [1.54, 1.807) is 0 Å². The fourth-order valence-electron chi connectivity index (χ4n) is 2.60. The topological polar surface area (TPSA) is 49.6 Å². The molecule has 3 rings (SSSR count). The molecule has 1 aliphatic heterocycles. The summed E-state index contributed by atoms with van der Waals surface area (Å²) in [5, 5.41) is 3.00. The number of carbonyl (C=O) groups is 1. The highest BCUT2D eigenvalue weighted by molar-refractivity contribution is 9.10. The summed E-state index contributed by atoms with van der Waals surface area (Å²) < 4.78 is 2.86. The molecular weight excluding hydrogens is 320 g/mol. The van der Waals surface area contributed by atoms with Gasteiger partial charge in [-0.3, -0.25) is 9.20 Å². The SMILES string of the molecule is Cc1nc2ccc(NC(=O)C3CCN(C)C3)cn2c1Br. The zero-order chi connectivity index (χ0) is 14.3. The molecule has 1 atom stereocenters. The van der Waals surface area contributed by atoms with E-state index in [9.17, 15) is 4.79 Å². The molecule has 0 aromatic carbocycles. The van der Waals surface area contributed by atoms with Gasteiger partial charge in [-0.25, -0.2) is 4.98 Å². The number of aromatic nitrogens is 2. The summed E-state index contributed by atoms with van der Waals surface area (Å²) in [6.07, 6.45) is 2.83. The number of aryl methyl sites for hydroxylation is 1. The number of nitrogens with zero attached hydrogens (tertiary/aromatic N) is 3. The van der Waals surface area contributed by atoms with Gasteiger partial charge in [-0.05, 0) is 55.0 Å². The Bertz CT molecular complexity index is 666. The molecule has 1 N–H and O–H groups in total. The van der Waals surface area contributed by atoms with Crippen molar-refractivity contribution >= 4 is 33.2 Å². The Hall–Kier alpha value is -1.40. The second-order valence-corrected chi connectivity index (χ2v) is 6.12. The zero-order valence-corrected chi connectivity index (χ0v) is 13.1. The number of amides is 1. The first-order valence-electron chi connectivity index (χ1n) is 6.68. The third-order valence-electron chi connectivity index (χ3n) is 3.75. The van der Waals surface area contributed by atoms with E-state index in [0.29, 0.717) is 0 Å². The molecule has 2 aromatic heterocycles. The first kappa shape index (κ1) is 13.6. The summed E-state index contributed by atoms with van der Waals surface area (Å²) in [4.78, 5) is 18.8. The van der Waals surface area contributed by atoms with Crippen molar-refractivity contribution in [2.45, 2.75) is 13.3 Å². The number of nitrogens with one attached hydrogen (secondary N) is 1.